The Morgan fingerprint density at radius 3 is 2.84 bits per heavy atom. The number of benzene rings is 1. The molecule has 0 aliphatic carbocycles. The fraction of sp³-hybridized carbons (Fsp3) is 0.400. The average molecular weight is 261 g/mol. The lowest BCUT2D eigenvalue weighted by molar-refractivity contribution is 0.420. The summed E-state index contributed by atoms with van der Waals surface area (Å²) in [5.41, 5.74) is 1.02. The number of hydrogen-bond acceptors (Lipinski definition) is 2. The Morgan fingerprint density at radius 1 is 1.32 bits per heavy atom. The normalized spacial score (nSPS) is 14.3. The Morgan fingerprint density at radius 2 is 2.16 bits per heavy atom. The molecule has 19 heavy (non-hydrogen) atoms. The van der Waals surface area contributed by atoms with Gasteiger partial charge in [0.15, 0.2) is 0 Å². The molecule has 0 saturated carbocycles. The summed E-state index contributed by atoms with van der Waals surface area (Å²) in [5, 5.41) is 3.51. The van der Waals surface area contributed by atoms with Gasteiger partial charge in [-0.15, -0.1) is 0 Å². The minimum atomic E-state index is -0.170. The van der Waals surface area contributed by atoms with Crippen LogP contribution in [0.4, 0.5) is 4.39 Å². The number of rotatable bonds is 6. The van der Waals surface area contributed by atoms with Crippen LogP contribution in [0.2, 0.25) is 0 Å². The monoisotopic (exact) mass is 261 g/mol. The zero-order valence-electron chi connectivity index (χ0n) is 11.4. The summed E-state index contributed by atoms with van der Waals surface area (Å²) < 4.78 is 15.1. The SMILES string of the molecule is CC(Cc1cccc(F)c1)NC(C)Cn1ccnc1. The molecular weight excluding hydrogens is 241 g/mol. The van der Waals surface area contributed by atoms with Crippen molar-refractivity contribution in [2.75, 3.05) is 0 Å². The van der Waals surface area contributed by atoms with E-state index in [-0.39, 0.29) is 5.82 Å². The van der Waals surface area contributed by atoms with Gasteiger partial charge in [-0.2, -0.15) is 0 Å². The van der Waals surface area contributed by atoms with Crippen LogP contribution in [0, 0.1) is 5.82 Å². The molecule has 0 amide bonds. The van der Waals surface area contributed by atoms with Gasteiger partial charge < -0.3 is 9.88 Å². The van der Waals surface area contributed by atoms with Crippen molar-refractivity contribution in [1.82, 2.24) is 14.9 Å². The van der Waals surface area contributed by atoms with Crippen molar-refractivity contribution in [2.24, 2.45) is 0 Å². The number of aromatic nitrogens is 2. The molecule has 2 aromatic rings. The number of imidazole rings is 1. The molecule has 1 heterocycles. The Hall–Kier alpha value is -1.68. The highest BCUT2D eigenvalue weighted by Crippen LogP contribution is 2.07. The highest BCUT2D eigenvalue weighted by molar-refractivity contribution is 5.17. The quantitative estimate of drug-likeness (QED) is 0.866. The molecule has 2 rings (SSSR count). The smallest absolute Gasteiger partial charge is 0.123 e. The molecule has 0 fully saturated rings. The molecule has 0 aliphatic rings. The molecule has 0 spiro atoms. The summed E-state index contributed by atoms with van der Waals surface area (Å²) >= 11 is 0. The number of nitrogens with one attached hydrogen (secondary N) is 1. The summed E-state index contributed by atoms with van der Waals surface area (Å²) in [6.07, 6.45) is 6.37. The van der Waals surface area contributed by atoms with Crippen molar-refractivity contribution in [1.29, 1.82) is 0 Å². The van der Waals surface area contributed by atoms with Gasteiger partial charge in [0.25, 0.3) is 0 Å². The Kier molecular flexibility index (Phi) is 4.68. The molecule has 2 atom stereocenters. The van der Waals surface area contributed by atoms with Crippen LogP contribution in [0.3, 0.4) is 0 Å². The van der Waals surface area contributed by atoms with Crippen LogP contribution >= 0.6 is 0 Å². The van der Waals surface area contributed by atoms with Gasteiger partial charge in [-0.05, 0) is 38.0 Å². The molecule has 4 heteroatoms. The third-order valence-corrected chi connectivity index (χ3v) is 3.04. The second-order valence-electron chi connectivity index (χ2n) is 5.06. The molecule has 1 aromatic carbocycles. The molecule has 102 valence electrons. The number of halogens is 1. The minimum Gasteiger partial charge on any atom is -0.336 e. The fourth-order valence-electron chi connectivity index (χ4n) is 2.33. The minimum absolute atomic E-state index is 0.170. The molecule has 0 radical (unpaired) electrons. The van der Waals surface area contributed by atoms with E-state index < -0.39 is 0 Å². The molecule has 1 aromatic heterocycles. The number of nitrogens with zero attached hydrogens (tertiary/aromatic N) is 2. The molecule has 0 aliphatic heterocycles. The van der Waals surface area contributed by atoms with E-state index >= 15 is 0 Å². The Balaban J connectivity index is 1.82. The third-order valence-electron chi connectivity index (χ3n) is 3.04. The first-order chi connectivity index (χ1) is 9.13. The van der Waals surface area contributed by atoms with E-state index in [1.165, 1.54) is 6.07 Å². The van der Waals surface area contributed by atoms with Gasteiger partial charge in [0.05, 0.1) is 6.33 Å². The van der Waals surface area contributed by atoms with Crippen molar-refractivity contribution in [3.05, 3.63) is 54.4 Å². The second-order valence-corrected chi connectivity index (χ2v) is 5.06. The van der Waals surface area contributed by atoms with Crippen LogP contribution in [-0.2, 0) is 13.0 Å². The van der Waals surface area contributed by atoms with Gasteiger partial charge in [-0.1, -0.05) is 12.1 Å². The van der Waals surface area contributed by atoms with Crippen LogP contribution < -0.4 is 5.32 Å². The first kappa shape index (κ1) is 13.7. The van der Waals surface area contributed by atoms with Gasteiger partial charge in [-0.3, -0.25) is 0 Å². The largest absolute Gasteiger partial charge is 0.336 e. The van der Waals surface area contributed by atoms with Crippen molar-refractivity contribution < 1.29 is 4.39 Å². The predicted molar refractivity (Wildman–Crippen MR) is 74.4 cm³/mol. The van der Waals surface area contributed by atoms with Crippen LogP contribution in [0.5, 0.6) is 0 Å². The van der Waals surface area contributed by atoms with Crippen LogP contribution in [-0.4, -0.2) is 21.6 Å². The summed E-state index contributed by atoms with van der Waals surface area (Å²) in [6.45, 7) is 5.14. The summed E-state index contributed by atoms with van der Waals surface area (Å²) in [4.78, 5) is 4.03. The summed E-state index contributed by atoms with van der Waals surface area (Å²) in [6, 6.07) is 7.44. The molecule has 1 N–H and O–H groups in total. The lowest BCUT2D eigenvalue weighted by Crippen LogP contribution is -2.38. The molecular formula is C15H20FN3. The van der Waals surface area contributed by atoms with E-state index in [1.54, 1.807) is 18.3 Å². The maximum absolute atomic E-state index is 13.1. The standard InChI is InChI=1S/C15H20FN3/c1-12(8-14-4-3-5-15(16)9-14)18-13(2)10-19-7-6-17-11-19/h3-7,9,11-13,18H,8,10H2,1-2H3. The van der Waals surface area contributed by atoms with E-state index in [9.17, 15) is 4.39 Å². The van der Waals surface area contributed by atoms with Gasteiger partial charge in [0.1, 0.15) is 5.82 Å². The highest BCUT2D eigenvalue weighted by Gasteiger charge is 2.09. The molecule has 0 bridgehead atoms. The zero-order chi connectivity index (χ0) is 13.7. The molecule has 2 unspecified atom stereocenters. The molecule has 3 nitrogen and oxygen atoms in total. The van der Waals surface area contributed by atoms with Crippen molar-refractivity contribution >= 4 is 0 Å². The van der Waals surface area contributed by atoms with Gasteiger partial charge in [0.2, 0.25) is 0 Å². The van der Waals surface area contributed by atoms with E-state index in [4.69, 9.17) is 0 Å². The average Bonchev–Trinajstić information content (AvgIpc) is 2.81. The third kappa shape index (κ3) is 4.48. The van der Waals surface area contributed by atoms with Gasteiger partial charge in [-0.25, -0.2) is 9.37 Å². The Bertz CT molecular complexity index is 496. The van der Waals surface area contributed by atoms with Crippen LogP contribution in [0.15, 0.2) is 43.0 Å². The Labute approximate surface area is 113 Å². The predicted octanol–water partition coefficient (Wildman–Crippen LogP) is 2.63. The first-order valence-electron chi connectivity index (χ1n) is 6.59. The van der Waals surface area contributed by atoms with Crippen molar-refractivity contribution in [2.45, 2.75) is 38.9 Å². The number of hydrogen-bond donors (Lipinski definition) is 1. The van der Waals surface area contributed by atoms with Gasteiger partial charge >= 0.3 is 0 Å². The van der Waals surface area contributed by atoms with E-state index in [2.05, 4.69) is 24.1 Å². The maximum atomic E-state index is 13.1. The van der Waals surface area contributed by atoms with Crippen molar-refractivity contribution in [3.63, 3.8) is 0 Å². The fourth-order valence-corrected chi connectivity index (χ4v) is 2.33. The van der Waals surface area contributed by atoms with Crippen LogP contribution in [0.25, 0.3) is 0 Å². The van der Waals surface area contributed by atoms with E-state index in [1.807, 2.05) is 23.2 Å². The van der Waals surface area contributed by atoms with E-state index in [0.29, 0.717) is 12.1 Å². The van der Waals surface area contributed by atoms with E-state index in [0.717, 1.165) is 18.5 Å². The first-order valence-corrected chi connectivity index (χ1v) is 6.59. The zero-order valence-corrected chi connectivity index (χ0v) is 11.4. The lowest BCUT2D eigenvalue weighted by atomic mass is 10.1. The topological polar surface area (TPSA) is 29.9 Å². The summed E-state index contributed by atoms with van der Waals surface area (Å²) in [7, 11) is 0. The maximum Gasteiger partial charge on any atom is 0.123 e. The van der Waals surface area contributed by atoms with Crippen molar-refractivity contribution in [3.8, 4) is 0 Å². The summed E-state index contributed by atoms with van der Waals surface area (Å²) in [5.74, 6) is -0.170. The molecule has 0 saturated heterocycles. The van der Waals surface area contributed by atoms with Crippen LogP contribution in [0.1, 0.15) is 19.4 Å². The highest BCUT2D eigenvalue weighted by atomic mass is 19.1. The lowest BCUT2D eigenvalue weighted by Gasteiger charge is -2.20. The second kappa shape index (κ2) is 6.48. The van der Waals surface area contributed by atoms with Gasteiger partial charge in [0, 0.05) is 31.0 Å².